The van der Waals surface area contributed by atoms with Crippen molar-refractivity contribution in [2.75, 3.05) is 0 Å². The number of fused-ring (bicyclic) bond motifs is 1. The van der Waals surface area contributed by atoms with Crippen molar-refractivity contribution in [3.05, 3.63) is 65.0 Å². The monoisotopic (exact) mass is 237 g/mol. The van der Waals surface area contributed by atoms with Gasteiger partial charge in [0.2, 0.25) is 0 Å². The van der Waals surface area contributed by atoms with Gasteiger partial charge in [-0.15, -0.1) is 0 Å². The van der Waals surface area contributed by atoms with E-state index in [9.17, 15) is 0 Å². The highest BCUT2D eigenvalue weighted by molar-refractivity contribution is 5.74. The zero-order chi connectivity index (χ0) is 12.5. The van der Waals surface area contributed by atoms with Crippen molar-refractivity contribution in [2.45, 2.75) is 20.3 Å². The summed E-state index contributed by atoms with van der Waals surface area (Å²) in [5.74, 6) is 0.779. The zero-order valence-corrected chi connectivity index (χ0v) is 10.6. The maximum absolute atomic E-state index is 5.80. The van der Waals surface area contributed by atoms with Crippen LogP contribution in [0.25, 0.3) is 11.1 Å². The third-order valence-electron chi connectivity index (χ3n) is 3.25. The van der Waals surface area contributed by atoms with Crippen LogP contribution in [-0.4, -0.2) is 4.98 Å². The SMILES string of the molecule is Cc1cc2nc(Cc3ccccc3)oc2cc1C. The lowest BCUT2D eigenvalue weighted by atomic mass is 10.1. The van der Waals surface area contributed by atoms with Gasteiger partial charge in [0.15, 0.2) is 11.5 Å². The number of hydrogen-bond acceptors (Lipinski definition) is 2. The maximum atomic E-state index is 5.80. The van der Waals surface area contributed by atoms with Crippen molar-refractivity contribution >= 4 is 11.1 Å². The number of aromatic nitrogens is 1. The molecule has 0 fully saturated rings. The lowest BCUT2D eigenvalue weighted by molar-refractivity contribution is 0.544. The molecule has 0 atom stereocenters. The predicted molar refractivity (Wildman–Crippen MR) is 72.7 cm³/mol. The second-order valence-corrected chi connectivity index (χ2v) is 4.67. The summed E-state index contributed by atoms with van der Waals surface area (Å²) in [6.07, 6.45) is 0.744. The first kappa shape index (κ1) is 11.0. The molecule has 18 heavy (non-hydrogen) atoms. The van der Waals surface area contributed by atoms with E-state index in [1.165, 1.54) is 16.7 Å². The summed E-state index contributed by atoms with van der Waals surface area (Å²) in [6.45, 7) is 4.19. The summed E-state index contributed by atoms with van der Waals surface area (Å²) in [5.41, 5.74) is 5.54. The van der Waals surface area contributed by atoms with E-state index in [1.807, 2.05) is 18.2 Å². The molecule has 1 heterocycles. The molecule has 0 aliphatic rings. The molecule has 0 aliphatic carbocycles. The van der Waals surface area contributed by atoms with E-state index in [0.717, 1.165) is 23.4 Å². The molecule has 0 bridgehead atoms. The highest BCUT2D eigenvalue weighted by Gasteiger charge is 2.07. The molecular formula is C16H15NO. The summed E-state index contributed by atoms with van der Waals surface area (Å²) < 4.78 is 5.80. The molecule has 0 aliphatic heterocycles. The zero-order valence-electron chi connectivity index (χ0n) is 10.6. The van der Waals surface area contributed by atoms with Crippen LogP contribution in [0.15, 0.2) is 46.9 Å². The van der Waals surface area contributed by atoms with Crippen molar-refractivity contribution in [3.8, 4) is 0 Å². The third kappa shape index (κ3) is 2.02. The Bertz CT molecular complexity index is 644. The molecule has 0 saturated carbocycles. The molecule has 1 aromatic heterocycles. The van der Waals surface area contributed by atoms with Crippen LogP contribution in [0.5, 0.6) is 0 Å². The van der Waals surface area contributed by atoms with Crippen LogP contribution in [0.2, 0.25) is 0 Å². The second kappa shape index (κ2) is 4.30. The lowest BCUT2D eigenvalue weighted by Crippen LogP contribution is -1.86. The Morgan fingerprint density at radius 3 is 2.50 bits per heavy atom. The summed E-state index contributed by atoms with van der Waals surface area (Å²) >= 11 is 0. The molecule has 90 valence electrons. The highest BCUT2D eigenvalue weighted by atomic mass is 16.3. The molecule has 0 saturated heterocycles. The predicted octanol–water partition coefficient (Wildman–Crippen LogP) is 4.04. The molecular weight excluding hydrogens is 222 g/mol. The molecule has 0 radical (unpaired) electrons. The van der Waals surface area contributed by atoms with Crippen LogP contribution >= 0.6 is 0 Å². The molecule has 0 amide bonds. The van der Waals surface area contributed by atoms with Crippen LogP contribution in [0.3, 0.4) is 0 Å². The van der Waals surface area contributed by atoms with E-state index in [0.29, 0.717) is 0 Å². The highest BCUT2D eigenvalue weighted by Crippen LogP contribution is 2.21. The van der Waals surface area contributed by atoms with Crippen molar-refractivity contribution in [1.29, 1.82) is 0 Å². The number of oxazole rings is 1. The molecule has 2 aromatic carbocycles. The minimum atomic E-state index is 0.744. The van der Waals surface area contributed by atoms with E-state index in [2.05, 4.69) is 43.1 Å². The Labute approximate surface area is 106 Å². The Morgan fingerprint density at radius 1 is 1.00 bits per heavy atom. The molecule has 2 heteroatoms. The average molecular weight is 237 g/mol. The number of nitrogens with zero attached hydrogens (tertiary/aromatic N) is 1. The van der Waals surface area contributed by atoms with E-state index in [1.54, 1.807) is 0 Å². The van der Waals surface area contributed by atoms with Crippen LogP contribution < -0.4 is 0 Å². The Hall–Kier alpha value is -2.09. The normalized spacial score (nSPS) is 11.0. The van der Waals surface area contributed by atoms with Crippen molar-refractivity contribution in [1.82, 2.24) is 4.98 Å². The van der Waals surface area contributed by atoms with Crippen LogP contribution in [0, 0.1) is 13.8 Å². The van der Waals surface area contributed by atoms with Crippen molar-refractivity contribution in [3.63, 3.8) is 0 Å². The fourth-order valence-corrected chi connectivity index (χ4v) is 2.07. The van der Waals surface area contributed by atoms with E-state index < -0.39 is 0 Å². The van der Waals surface area contributed by atoms with Crippen molar-refractivity contribution in [2.24, 2.45) is 0 Å². The van der Waals surface area contributed by atoms with Gasteiger partial charge in [0.25, 0.3) is 0 Å². The number of aryl methyl sites for hydroxylation is 2. The Morgan fingerprint density at radius 2 is 1.72 bits per heavy atom. The van der Waals surface area contributed by atoms with E-state index in [4.69, 9.17) is 4.42 Å². The molecule has 0 spiro atoms. The summed E-state index contributed by atoms with van der Waals surface area (Å²) in [6, 6.07) is 14.4. The van der Waals surface area contributed by atoms with Gasteiger partial charge in [-0.1, -0.05) is 30.3 Å². The average Bonchev–Trinajstić information content (AvgIpc) is 2.72. The number of hydrogen-bond donors (Lipinski definition) is 0. The number of benzene rings is 2. The van der Waals surface area contributed by atoms with Gasteiger partial charge in [-0.3, -0.25) is 0 Å². The number of rotatable bonds is 2. The fraction of sp³-hybridized carbons (Fsp3) is 0.188. The van der Waals surface area contributed by atoms with Gasteiger partial charge >= 0.3 is 0 Å². The summed E-state index contributed by atoms with van der Waals surface area (Å²) in [5, 5.41) is 0. The lowest BCUT2D eigenvalue weighted by Gasteiger charge is -1.96. The fourth-order valence-electron chi connectivity index (χ4n) is 2.07. The topological polar surface area (TPSA) is 26.0 Å². The molecule has 0 unspecified atom stereocenters. The van der Waals surface area contributed by atoms with Gasteiger partial charge in [-0.25, -0.2) is 4.98 Å². The second-order valence-electron chi connectivity index (χ2n) is 4.67. The van der Waals surface area contributed by atoms with Gasteiger partial charge in [-0.2, -0.15) is 0 Å². The van der Waals surface area contributed by atoms with Gasteiger partial charge in [-0.05, 0) is 42.7 Å². The smallest absolute Gasteiger partial charge is 0.199 e. The first-order chi connectivity index (χ1) is 8.72. The minimum absolute atomic E-state index is 0.744. The summed E-state index contributed by atoms with van der Waals surface area (Å²) in [7, 11) is 0. The quantitative estimate of drug-likeness (QED) is 0.672. The first-order valence-corrected chi connectivity index (χ1v) is 6.13. The van der Waals surface area contributed by atoms with E-state index in [-0.39, 0.29) is 0 Å². The largest absolute Gasteiger partial charge is 0.440 e. The summed E-state index contributed by atoms with van der Waals surface area (Å²) in [4.78, 5) is 4.54. The van der Waals surface area contributed by atoms with Crippen molar-refractivity contribution < 1.29 is 4.42 Å². The van der Waals surface area contributed by atoms with Gasteiger partial charge in [0, 0.05) is 6.42 Å². The van der Waals surface area contributed by atoms with Gasteiger partial charge in [0.05, 0.1) is 0 Å². The molecule has 0 N–H and O–H groups in total. The van der Waals surface area contributed by atoms with Gasteiger partial charge in [0.1, 0.15) is 5.52 Å². The minimum Gasteiger partial charge on any atom is -0.440 e. The molecule has 3 aromatic rings. The van der Waals surface area contributed by atoms with E-state index >= 15 is 0 Å². The van der Waals surface area contributed by atoms with Gasteiger partial charge < -0.3 is 4.42 Å². The molecule has 2 nitrogen and oxygen atoms in total. The van der Waals surface area contributed by atoms with Crippen LogP contribution in [-0.2, 0) is 6.42 Å². The standard InChI is InChI=1S/C16H15NO/c1-11-8-14-15(9-12(11)2)18-16(17-14)10-13-6-4-3-5-7-13/h3-9H,10H2,1-2H3. The first-order valence-electron chi connectivity index (χ1n) is 6.13. The maximum Gasteiger partial charge on any atom is 0.199 e. The molecule has 3 rings (SSSR count). The van der Waals surface area contributed by atoms with Crippen LogP contribution in [0.1, 0.15) is 22.6 Å². The third-order valence-corrected chi connectivity index (χ3v) is 3.25. The Balaban J connectivity index is 1.99. The Kier molecular flexibility index (Phi) is 2.63. The van der Waals surface area contributed by atoms with Crippen LogP contribution in [0.4, 0.5) is 0 Å².